The van der Waals surface area contributed by atoms with Gasteiger partial charge in [0.15, 0.2) is 6.54 Å². The van der Waals surface area contributed by atoms with Crippen LogP contribution in [0, 0.1) is 6.92 Å². The Labute approximate surface area is 168 Å². The molecule has 0 radical (unpaired) electrons. The molecule has 146 valence electrons. The number of ether oxygens (including phenoxy) is 1. The maximum atomic E-state index is 12.6. The van der Waals surface area contributed by atoms with E-state index in [9.17, 15) is 4.79 Å². The summed E-state index contributed by atoms with van der Waals surface area (Å²) in [6.45, 7) is 3.00. The maximum absolute atomic E-state index is 12.6. The molecule has 0 saturated carbocycles. The van der Waals surface area contributed by atoms with E-state index in [0.717, 1.165) is 21.8 Å². The number of benzene rings is 2. The van der Waals surface area contributed by atoms with E-state index >= 15 is 0 Å². The van der Waals surface area contributed by atoms with Gasteiger partial charge in [0.05, 0.1) is 25.5 Å². The van der Waals surface area contributed by atoms with Crippen molar-refractivity contribution >= 4 is 23.2 Å². The molecule has 0 aliphatic rings. The van der Waals surface area contributed by atoms with Crippen LogP contribution in [0.2, 0.25) is 5.02 Å². The SMILES string of the molecule is COc1ccc(C)cc1C[NH+](C)CC(=O)Nc1cc(Cl)ccc1-n1cncn1. The number of aromatic nitrogens is 3. The molecule has 1 atom stereocenters. The highest BCUT2D eigenvalue weighted by atomic mass is 35.5. The molecule has 0 spiro atoms. The summed E-state index contributed by atoms with van der Waals surface area (Å²) in [6, 6.07) is 11.3. The normalized spacial score (nSPS) is 11.9. The van der Waals surface area contributed by atoms with Crippen LogP contribution in [0.1, 0.15) is 11.1 Å². The number of quaternary nitrogens is 1. The lowest BCUT2D eigenvalue weighted by Crippen LogP contribution is -3.08. The average Bonchev–Trinajstić information content (AvgIpc) is 3.16. The number of carbonyl (C=O) groups excluding carboxylic acids is 1. The first-order valence-corrected chi connectivity index (χ1v) is 9.23. The summed E-state index contributed by atoms with van der Waals surface area (Å²) in [7, 11) is 3.62. The van der Waals surface area contributed by atoms with E-state index in [-0.39, 0.29) is 5.91 Å². The second-order valence-corrected chi connectivity index (χ2v) is 7.11. The van der Waals surface area contributed by atoms with Gasteiger partial charge in [0.25, 0.3) is 5.91 Å². The zero-order valence-electron chi connectivity index (χ0n) is 16.1. The fourth-order valence-electron chi connectivity index (χ4n) is 3.04. The number of carbonyl (C=O) groups is 1. The minimum atomic E-state index is -0.118. The summed E-state index contributed by atoms with van der Waals surface area (Å²) in [5.41, 5.74) is 3.51. The second-order valence-electron chi connectivity index (χ2n) is 6.68. The minimum Gasteiger partial charge on any atom is -0.496 e. The Balaban J connectivity index is 1.69. The number of halogens is 1. The minimum absolute atomic E-state index is 0.118. The Morgan fingerprint density at radius 1 is 1.29 bits per heavy atom. The Morgan fingerprint density at radius 2 is 2.11 bits per heavy atom. The molecule has 0 saturated heterocycles. The number of hydrogen-bond donors (Lipinski definition) is 2. The molecule has 3 rings (SSSR count). The van der Waals surface area contributed by atoms with Crippen LogP contribution >= 0.6 is 11.6 Å². The number of aryl methyl sites for hydroxylation is 1. The van der Waals surface area contributed by atoms with Gasteiger partial charge in [-0.25, -0.2) is 9.67 Å². The Morgan fingerprint density at radius 3 is 2.82 bits per heavy atom. The fraction of sp³-hybridized carbons (Fsp3) is 0.250. The van der Waals surface area contributed by atoms with Crippen LogP contribution in [0.25, 0.3) is 5.69 Å². The molecular formula is C20H23ClN5O2+. The van der Waals surface area contributed by atoms with Crippen LogP contribution in [0.4, 0.5) is 5.69 Å². The molecule has 28 heavy (non-hydrogen) atoms. The third-order valence-electron chi connectivity index (χ3n) is 4.29. The van der Waals surface area contributed by atoms with Gasteiger partial charge < -0.3 is 15.0 Å². The molecule has 7 nitrogen and oxygen atoms in total. The zero-order valence-corrected chi connectivity index (χ0v) is 16.8. The number of hydrogen-bond acceptors (Lipinski definition) is 4. The van der Waals surface area contributed by atoms with E-state index in [0.29, 0.717) is 29.5 Å². The Hall–Kier alpha value is -2.90. The molecule has 1 heterocycles. The predicted octanol–water partition coefficient (Wildman–Crippen LogP) is 1.89. The van der Waals surface area contributed by atoms with Gasteiger partial charge in [0.1, 0.15) is 24.9 Å². The highest BCUT2D eigenvalue weighted by molar-refractivity contribution is 6.31. The van der Waals surface area contributed by atoms with Crippen molar-refractivity contribution in [2.45, 2.75) is 13.5 Å². The molecule has 2 N–H and O–H groups in total. The van der Waals surface area contributed by atoms with Gasteiger partial charge in [-0.15, -0.1) is 0 Å². The average molecular weight is 401 g/mol. The highest BCUT2D eigenvalue weighted by Gasteiger charge is 2.16. The molecule has 1 aromatic heterocycles. The molecule has 0 aliphatic heterocycles. The van der Waals surface area contributed by atoms with Gasteiger partial charge >= 0.3 is 0 Å². The Kier molecular flexibility index (Phi) is 6.28. The lowest BCUT2D eigenvalue weighted by Gasteiger charge is -2.17. The molecule has 1 amide bonds. The topological polar surface area (TPSA) is 73.5 Å². The molecule has 0 aliphatic carbocycles. The van der Waals surface area contributed by atoms with E-state index < -0.39 is 0 Å². The number of amides is 1. The molecule has 3 aromatic rings. The summed E-state index contributed by atoms with van der Waals surface area (Å²) in [4.78, 5) is 17.6. The summed E-state index contributed by atoms with van der Waals surface area (Å²) < 4.78 is 7.01. The monoisotopic (exact) mass is 400 g/mol. The van der Waals surface area contributed by atoms with Crippen molar-refractivity contribution in [3.63, 3.8) is 0 Å². The van der Waals surface area contributed by atoms with Gasteiger partial charge in [0, 0.05) is 10.6 Å². The molecule has 2 aromatic carbocycles. The van der Waals surface area contributed by atoms with E-state index in [1.54, 1.807) is 36.3 Å². The first-order chi connectivity index (χ1) is 13.5. The third kappa shape index (κ3) is 4.88. The molecule has 0 bridgehead atoms. The lowest BCUT2D eigenvalue weighted by atomic mass is 10.1. The number of nitrogens with zero attached hydrogens (tertiary/aromatic N) is 3. The molecule has 1 unspecified atom stereocenters. The first-order valence-electron chi connectivity index (χ1n) is 8.85. The summed E-state index contributed by atoms with van der Waals surface area (Å²) in [5, 5.41) is 7.58. The Bertz CT molecular complexity index is 959. The standard InChI is InChI=1S/C20H22ClN5O2/c1-14-4-7-19(28-3)15(8-14)10-25(2)11-20(27)24-17-9-16(21)5-6-18(17)26-13-22-12-23-26/h4-9,12-13H,10-11H2,1-3H3,(H,24,27)/p+1. The van der Waals surface area contributed by atoms with Crippen LogP contribution in [0.15, 0.2) is 49.1 Å². The maximum Gasteiger partial charge on any atom is 0.279 e. The number of anilines is 1. The van der Waals surface area contributed by atoms with Crippen LogP contribution < -0.4 is 15.0 Å². The number of likely N-dealkylation sites (N-methyl/N-ethyl adjacent to an activating group) is 1. The quantitative estimate of drug-likeness (QED) is 0.635. The van der Waals surface area contributed by atoms with E-state index in [4.69, 9.17) is 16.3 Å². The van der Waals surface area contributed by atoms with Crippen molar-refractivity contribution < 1.29 is 14.4 Å². The molecule has 0 fully saturated rings. The van der Waals surface area contributed by atoms with Crippen LogP contribution in [-0.4, -0.2) is 41.4 Å². The van der Waals surface area contributed by atoms with Crippen molar-refractivity contribution in [1.82, 2.24) is 14.8 Å². The van der Waals surface area contributed by atoms with Crippen LogP contribution in [0.5, 0.6) is 5.75 Å². The molecular weight excluding hydrogens is 378 g/mol. The summed E-state index contributed by atoms with van der Waals surface area (Å²) >= 11 is 6.11. The van der Waals surface area contributed by atoms with Crippen LogP contribution in [-0.2, 0) is 11.3 Å². The smallest absolute Gasteiger partial charge is 0.279 e. The van der Waals surface area contributed by atoms with E-state index in [1.807, 2.05) is 26.1 Å². The van der Waals surface area contributed by atoms with Gasteiger partial charge in [-0.2, -0.15) is 5.10 Å². The highest BCUT2D eigenvalue weighted by Crippen LogP contribution is 2.23. The summed E-state index contributed by atoms with van der Waals surface area (Å²) in [5.74, 6) is 0.710. The number of rotatable bonds is 7. The first kappa shape index (κ1) is 19.9. The van der Waals surface area contributed by atoms with E-state index in [1.165, 1.54) is 6.33 Å². The van der Waals surface area contributed by atoms with Crippen molar-refractivity contribution in [3.05, 3.63) is 65.2 Å². The lowest BCUT2D eigenvalue weighted by molar-refractivity contribution is -0.885. The fourth-order valence-corrected chi connectivity index (χ4v) is 3.21. The van der Waals surface area contributed by atoms with Crippen molar-refractivity contribution in [1.29, 1.82) is 0 Å². The third-order valence-corrected chi connectivity index (χ3v) is 4.52. The van der Waals surface area contributed by atoms with Gasteiger partial charge in [-0.1, -0.05) is 23.2 Å². The van der Waals surface area contributed by atoms with Crippen molar-refractivity contribution in [3.8, 4) is 11.4 Å². The van der Waals surface area contributed by atoms with Crippen LogP contribution in [0.3, 0.4) is 0 Å². The number of nitrogens with one attached hydrogen (secondary N) is 2. The number of methoxy groups -OCH3 is 1. The van der Waals surface area contributed by atoms with Gasteiger partial charge in [-0.3, -0.25) is 4.79 Å². The predicted molar refractivity (Wildman–Crippen MR) is 108 cm³/mol. The summed E-state index contributed by atoms with van der Waals surface area (Å²) in [6.07, 6.45) is 3.01. The van der Waals surface area contributed by atoms with Gasteiger partial charge in [0.2, 0.25) is 0 Å². The largest absolute Gasteiger partial charge is 0.496 e. The van der Waals surface area contributed by atoms with Crippen molar-refractivity contribution in [2.24, 2.45) is 0 Å². The molecule has 8 heteroatoms. The zero-order chi connectivity index (χ0) is 20.1. The van der Waals surface area contributed by atoms with Gasteiger partial charge in [-0.05, 0) is 37.3 Å². The van der Waals surface area contributed by atoms with Crippen molar-refractivity contribution in [2.75, 3.05) is 26.0 Å². The van der Waals surface area contributed by atoms with E-state index in [2.05, 4.69) is 21.5 Å². The second kappa shape index (κ2) is 8.86.